The van der Waals surface area contributed by atoms with Crippen molar-refractivity contribution in [1.82, 2.24) is 10.3 Å². The molecule has 1 aliphatic rings. The predicted octanol–water partition coefficient (Wildman–Crippen LogP) is 4.45. The van der Waals surface area contributed by atoms with Crippen LogP contribution < -0.4 is 16.0 Å². The topological polar surface area (TPSA) is 105 Å². The first-order valence-corrected chi connectivity index (χ1v) is 9.75. The van der Waals surface area contributed by atoms with Gasteiger partial charge in [0.05, 0.1) is 11.8 Å². The smallest absolute Gasteiger partial charge is 0.302 e. The van der Waals surface area contributed by atoms with Gasteiger partial charge in [0.2, 0.25) is 5.96 Å². The van der Waals surface area contributed by atoms with Crippen molar-refractivity contribution in [2.75, 3.05) is 10.6 Å². The predicted molar refractivity (Wildman–Crippen MR) is 117 cm³/mol. The lowest BCUT2D eigenvalue weighted by atomic mass is 10.0. The second kappa shape index (κ2) is 7.83. The minimum atomic E-state index is -0.633. The number of anilines is 2. The fraction of sp³-hybridized carbons (Fsp3) is 0.0870. The molecule has 0 fully saturated rings. The van der Waals surface area contributed by atoms with Gasteiger partial charge in [-0.05, 0) is 43.3 Å². The molecule has 2 aromatic carbocycles. The molecule has 3 heterocycles. The second-order valence-electron chi connectivity index (χ2n) is 6.99. The summed E-state index contributed by atoms with van der Waals surface area (Å²) in [5.41, 5.74) is 3.20. The first-order chi connectivity index (χ1) is 15.2. The standard InChI is InChI=1S/C23H19N5O3/c1-14-19(21(29)25-15-8-3-2-4-9-15)20(18-12-7-13-30-18)27-22(24-14)28-23-26-16-10-5-6-11-17(16)31-23/h2-13,20H,1H3,(H,25,29)(H2,24,26,27,28). The maximum absolute atomic E-state index is 13.1. The minimum Gasteiger partial charge on any atom is -0.467 e. The molecule has 31 heavy (non-hydrogen) atoms. The number of oxazole rings is 1. The number of carbonyl (C=O) groups is 1. The van der Waals surface area contributed by atoms with E-state index < -0.39 is 6.04 Å². The molecule has 0 saturated carbocycles. The van der Waals surface area contributed by atoms with Gasteiger partial charge in [0.25, 0.3) is 5.91 Å². The van der Waals surface area contributed by atoms with Gasteiger partial charge in [-0.2, -0.15) is 4.98 Å². The Bertz CT molecular complexity index is 1260. The first kappa shape index (κ1) is 18.7. The molecule has 0 radical (unpaired) electrons. The number of aromatic nitrogens is 1. The number of rotatable bonds is 4. The van der Waals surface area contributed by atoms with Gasteiger partial charge in [0.1, 0.15) is 17.3 Å². The summed E-state index contributed by atoms with van der Waals surface area (Å²) < 4.78 is 11.3. The Kier molecular flexibility index (Phi) is 4.72. The third-order valence-electron chi connectivity index (χ3n) is 4.85. The van der Waals surface area contributed by atoms with E-state index in [-0.39, 0.29) is 5.91 Å². The summed E-state index contributed by atoms with van der Waals surface area (Å²) in [6.07, 6.45) is 1.56. The number of fused-ring (bicyclic) bond motifs is 1. The number of hydrogen-bond acceptors (Lipinski definition) is 7. The highest BCUT2D eigenvalue weighted by Gasteiger charge is 2.31. The molecule has 8 heteroatoms. The number of benzene rings is 2. The van der Waals surface area contributed by atoms with Gasteiger partial charge in [-0.15, -0.1) is 0 Å². The van der Waals surface area contributed by atoms with Gasteiger partial charge in [-0.25, -0.2) is 4.99 Å². The van der Waals surface area contributed by atoms with E-state index in [1.807, 2.05) is 61.5 Å². The average Bonchev–Trinajstić information content (AvgIpc) is 3.43. The van der Waals surface area contributed by atoms with Crippen molar-refractivity contribution in [3.05, 3.63) is 90.0 Å². The minimum absolute atomic E-state index is 0.262. The Hall–Kier alpha value is -4.33. The van der Waals surface area contributed by atoms with Crippen molar-refractivity contribution in [3.8, 4) is 0 Å². The van der Waals surface area contributed by atoms with Crippen molar-refractivity contribution in [3.63, 3.8) is 0 Å². The zero-order valence-electron chi connectivity index (χ0n) is 16.6. The SMILES string of the molecule is CC1=C(C(=O)Nc2ccccc2)C(c2ccco2)N=C(Nc2nc3ccccc3o2)N1. The maximum Gasteiger partial charge on any atom is 0.302 e. The molecular formula is C23H19N5O3. The summed E-state index contributed by atoms with van der Waals surface area (Å²) in [7, 11) is 0. The molecule has 154 valence electrons. The third kappa shape index (κ3) is 3.78. The molecule has 5 rings (SSSR count). The number of nitrogens with one attached hydrogen (secondary N) is 3. The van der Waals surface area contributed by atoms with E-state index in [0.29, 0.717) is 40.3 Å². The highest BCUT2D eigenvalue weighted by atomic mass is 16.4. The van der Waals surface area contributed by atoms with Crippen LogP contribution in [0.4, 0.5) is 11.7 Å². The number of guanidine groups is 1. The Morgan fingerprint density at radius 3 is 2.61 bits per heavy atom. The van der Waals surface area contributed by atoms with Crippen molar-refractivity contribution >= 4 is 34.7 Å². The number of aliphatic imine (C=N–C) groups is 1. The van der Waals surface area contributed by atoms with Crippen LogP contribution in [0.5, 0.6) is 0 Å². The number of allylic oxidation sites excluding steroid dienone is 1. The van der Waals surface area contributed by atoms with Crippen LogP contribution in [0, 0.1) is 0 Å². The van der Waals surface area contributed by atoms with Crippen LogP contribution in [0.2, 0.25) is 0 Å². The number of hydrogen-bond donors (Lipinski definition) is 3. The maximum atomic E-state index is 13.1. The molecule has 1 unspecified atom stereocenters. The van der Waals surface area contributed by atoms with Gasteiger partial charge in [-0.1, -0.05) is 30.3 Å². The molecule has 0 aliphatic carbocycles. The zero-order valence-corrected chi connectivity index (χ0v) is 16.6. The molecule has 8 nitrogen and oxygen atoms in total. The van der Waals surface area contributed by atoms with E-state index in [0.717, 1.165) is 5.52 Å². The van der Waals surface area contributed by atoms with Crippen LogP contribution in [-0.2, 0) is 4.79 Å². The van der Waals surface area contributed by atoms with E-state index >= 15 is 0 Å². The van der Waals surface area contributed by atoms with Crippen LogP contribution in [0.25, 0.3) is 11.1 Å². The Morgan fingerprint density at radius 2 is 1.84 bits per heavy atom. The quantitative estimate of drug-likeness (QED) is 0.457. The van der Waals surface area contributed by atoms with Crippen LogP contribution >= 0.6 is 0 Å². The molecule has 1 aliphatic heterocycles. The summed E-state index contributed by atoms with van der Waals surface area (Å²) in [5, 5.41) is 9.11. The number of carbonyl (C=O) groups excluding carboxylic acids is 1. The van der Waals surface area contributed by atoms with Crippen molar-refractivity contribution in [2.24, 2.45) is 4.99 Å². The van der Waals surface area contributed by atoms with Crippen LogP contribution in [0.15, 0.2) is 98.1 Å². The van der Waals surface area contributed by atoms with Crippen LogP contribution in [0.3, 0.4) is 0 Å². The molecular weight excluding hydrogens is 394 g/mol. The van der Waals surface area contributed by atoms with Gasteiger partial charge < -0.3 is 19.5 Å². The molecule has 3 N–H and O–H groups in total. The summed E-state index contributed by atoms with van der Waals surface area (Å²) in [6.45, 7) is 1.82. The Labute approximate surface area is 177 Å². The lowest BCUT2D eigenvalue weighted by molar-refractivity contribution is -0.113. The van der Waals surface area contributed by atoms with E-state index in [1.165, 1.54) is 0 Å². The fourth-order valence-electron chi connectivity index (χ4n) is 3.43. The number of amides is 1. The van der Waals surface area contributed by atoms with Crippen LogP contribution in [0.1, 0.15) is 18.7 Å². The number of para-hydroxylation sites is 3. The van der Waals surface area contributed by atoms with E-state index in [4.69, 9.17) is 8.83 Å². The summed E-state index contributed by atoms with van der Waals surface area (Å²) in [5.74, 6) is 0.694. The average molecular weight is 413 g/mol. The molecule has 2 aromatic heterocycles. The normalized spacial score (nSPS) is 16.0. The van der Waals surface area contributed by atoms with E-state index in [1.54, 1.807) is 18.4 Å². The van der Waals surface area contributed by atoms with E-state index in [2.05, 4.69) is 25.9 Å². The van der Waals surface area contributed by atoms with Gasteiger partial charge in [-0.3, -0.25) is 10.1 Å². The molecule has 4 aromatic rings. The highest BCUT2D eigenvalue weighted by molar-refractivity contribution is 6.07. The van der Waals surface area contributed by atoms with Crippen LogP contribution in [-0.4, -0.2) is 16.9 Å². The molecule has 1 amide bonds. The second-order valence-corrected chi connectivity index (χ2v) is 6.99. The lowest BCUT2D eigenvalue weighted by Crippen LogP contribution is -2.37. The summed E-state index contributed by atoms with van der Waals surface area (Å²) in [4.78, 5) is 22.2. The molecule has 0 saturated heterocycles. The monoisotopic (exact) mass is 413 g/mol. The van der Waals surface area contributed by atoms with Gasteiger partial charge in [0, 0.05) is 11.4 Å². The van der Waals surface area contributed by atoms with Crippen molar-refractivity contribution in [1.29, 1.82) is 0 Å². The number of furan rings is 1. The summed E-state index contributed by atoms with van der Waals surface area (Å²) >= 11 is 0. The molecule has 1 atom stereocenters. The number of nitrogens with zero attached hydrogens (tertiary/aromatic N) is 2. The van der Waals surface area contributed by atoms with E-state index in [9.17, 15) is 4.79 Å². The van der Waals surface area contributed by atoms with Gasteiger partial charge in [0.15, 0.2) is 5.58 Å². The first-order valence-electron chi connectivity index (χ1n) is 9.75. The molecule has 0 bridgehead atoms. The molecule has 0 spiro atoms. The van der Waals surface area contributed by atoms with Gasteiger partial charge >= 0.3 is 6.01 Å². The Balaban J connectivity index is 1.45. The largest absolute Gasteiger partial charge is 0.467 e. The highest BCUT2D eigenvalue weighted by Crippen LogP contribution is 2.32. The zero-order chi connectivity index (χ0) is 21.2. The van der Waals surface area contributed by atoms with Crippen molar-refractivity contribution < 1.29 is 13.6 Å². The summed E-state index contributed by atoms with van der Waals surface area (Å²) in [6, 6.07) is 20.0. The van der Waals surface area contributed by atoms with Crippen molar-refractivity contribution in [2.45, 2.75) is 13.0 Å². The lowest BCUT2D eigenvalue weighted by Gasteiger charge is -2.25. The Morgan fingerprint density at radius 1 is 1.03 bits per heavy atom. The third-order valence-corrected chi connectivity index (χ3v) is 4.85. The fourth-order valence-corrected chi connectivity index (χ4v) is 3.43.